The van der Waals surface area contributed by atoms with Gasteiger partial charge in [0.15, 0.2) is 5.78 Å². The highest BCUT2D eigenvalue weighted by molar-refractivity contribution is 9.08. The number of fused-ring (bicyclic) bond motifs is 1. The maximum atomic E-state index is 13.9. The molecule has 0 aliphatic carbocycles. The first-order valence-electron chi connectivity index (χ1n) is 13.9. The first kappa shape index (κ1) is 30.4. The molecule has 4 rings (SSSR count). The third kappa shape index (κ3) is 6.20. The standard InChI is InChI=1S/C31H38BrN5O4/c1-7-41-27-14-21-17-37(29(35-32)22(21)15-23(27)30(39)34-5)18-26(38)20-12-24(31(2,3)4)28(40-6)25(13-20)36-10-8-19(16-33)9-11-36/h12-15,19H,7-11,17-18H2,1-6H3,(H,34,39)/b35-29-. The van der Waals surface area contributed by atoms with Gasteiger partial charge in [0.05, 0.1) is 53.7 Å². The van der Waals surface area contributed by atoms with Crippen molar-refractivity contribution in [1.82, 2.24) is 10.2 Å². The number of halogens is 1. The summed E-state index contributed by atoms with van der Waals surface area (Å²) in [5.74, 6) is 1.61. The Morgan fingerprint density at radius 2 is 1.90 bits per heavy atom. The number of anilines is 1. The Hall–Kier alpha value is -3.58. The minimum absolute atomic E-state index is 0.0510. The van der Waals surface area contributed by atoms with Crippen molar-refractivity contribution < 1.29 is 19.1 Å². The molecule has 0 saturated carbocycles. The van der Waals surface area contributed by atoms with Crippen molar-refractivity contribution in [2.75, 3.05) is 45.3 Å². The summed E-state index contributed by atoms with van der Waals surface area (Å²) in [4.78, 5) is 30.6. The number of carbonyl (C=O) groups excluding carboxylic acids is 2. The fourth-order valence-electron chi connectivity index (χ4n) is 5.52. The van der Waals surface area contributed by atoms with E-state index in [1.165, 1.54) is 0 Å². The van der Waals surface area contributed by atoms with Gasteiger partial charge in [0.25, 0.3) is 5.91 Å². The van der Waals surface area contributed by atoms with Crippen LogP contribution >= 0.6 is 16.1 Å². The maximum Gasteiger partial charge on any atom is 0.254 e. The zero-order valence-corrected chi connectivity index (χ0v) is 26.2. The molecule has 2 aliphatic rings. The molecule has 9 nitrogen and oxygen atoms in total. The quantitative estimate of drug-likeness (QED) is 0.400. The predicted octanol–water partition coefficient (Wildman–Crippen LogP) is 5.25. The molecule has 0 atom stereocenters. The van der Waals surface area contributed by atoms with Gasteiger partial charge in [0.1, 0.15) is 17.3 Å². The van der Waals surface area contributed by atoms with Gasteiger partial charge < -0.3 is 24.6 Å². The first-order valence-corrected chi connectivity index (χ1v) is 14.6. The molecule has 2 aromatic rings. The van der Waals surface area contributed by atoms with E-state index in [9.17, 15) is 14.9 Å². The van der Waals surface area contributed by atoms with E-state index in [1.807, 2.05) is 30.0 Å². The minimum Gasteiger partial charge on any atom is -0.494 e. The summed E-state index contributed by atoms with van der Waals surface area (Å²) in [5, 5.41) is 12.0. The Kier molecular flexibility index (Phi) is 9.27. The van der Waals surface area contributed by atoms with Crippen molar-refractivity contribution >= 4 is 39.4 Å². The minimum atomic E-state index is -0.264. The first-order chi connectivity index (χ1) is 19.6. The number of Topliss-reactive ketones (excluding diaryl/α,β-unsaturated/α-hetero) is 1. The van der Waals surface area contributed by atoms with Crippen LogP contribution in [0.5, 0.6) is 11.5 Å². The van der Waals surface area contributed by atoms with Gasteiger partial charge in [-0.3, -0.25) is 9.59 Å². The Morgan fingerprint density at radius 3 is 2.46 bits per heavy atom. The third-order valence-electron chi connectivity index (χ3n) is 7.71. The van der Waals surface area contributed by atoms with Gasteiger partial charge in [-0.2, -0.15) is 9.28 Å². The number of amidine groups is 1. The van der Waals surface area contributed by atoms with Crippen LogP contribution in [0, 0.1) is 17.2 Å². The maximum absolute atomic E-state index is 13.9. The molecule has 2 aliphatic heterocycles. The highest BCUT2D eigenvalue weighted by Gasteiger charge is 2.32. The van der Waals surface area contributed by atoms with Crippen molar-refractivity contribution in [2.45, 2.75) is 52.5 Å². The number of amides is 1. The Balaban J connectivity index is 1.68. The van der Waals surface area contributed by atoms with Gasteiger partial charge in [-0.15, -0.1) is 0 Å². The van der Waals surface area contributed by atoms with Crippen LogP contribution in [-0.2, 0) is 12.0 Å². The lowest BCUT2D eigenvalue weighted by atomic mass is 9.84. The summed E-state index contributed by atoms with van der Waals surface area (Å²) >= 11 is 3.25. The molecule has 0 radical (unpaired) electrons. The summed E-state index contributed by atoms with van der Waals surface area (Å²) in [6.07, 6.45) is 1.56. The van der Waals surface area contributed by atoms with Crippen LogP contribution in [0.3, 0.4) is 0 Å². The van der Waals surface area contributed by atoms with E-state index in [4.69, 9.17) is 9.47 Å². The molecule has 1 amide bonds. The molecule has 10 heteroatoms. The van der Waals surface area contributed by atoms with E-state index >= 15 is 0 Å². The second kappa shape index (κ2) is 12.5. The van der Waals surface area contributed by atoms with E-state index in [-0.39, 0.29) is 29.6 Å². The average molecular weight is 625 g/mol. The lowest BCUT2D eigenvalue weighted by Crippen LogP contribution is -2.34. The largest absolute Gasteiger partial charge is 0.494 e. The van der Waals surface area contributed by atoms with Gasteiger partial charge in [-0.25, -0.2) is 0 Å². The lowest BCUT2D eigenvalue weighted by Gasteiger charge is -2.34. The SMILES string of the molecule is CCOc1cc2c(cc1C(=O)NC)/C(=N/Br)N(CC(=O)c1cc(N3CCC(C#N)CC3)c(OC)c(C(C)(C)C)c1)C2. The topological polar surface area (TPSA) is 107 Å². The van der Waals surface area contributed by atoms with E-state index in [1.54, 1.807) is 20.2 Å². The fraction of sp³-hybridized carbons (Fsp3) is 0.484. The van der Waals surface area contributed by atoms with Crippen molar-refractivity contribution in [3.63, 3.8) is 0 Å². The Bertz CT molecular complexity index is 1400. The molecular formula is C31H38BrN5O4. The van der Waals surface area contributed by atoms with Crippen LogP contribution < -0.4 is 19.7 Å². The number of hydrogen-bond donors (Lipinski definition) is 1. The monoisotopic (exact) mass is 623 g/mol. The van der Waals surface area contributed by atoms with E-state index < -0.39 is 0 Å². The second-order valence-electron chi connectivity index (χ2n) is 11.4. The molecule has 2 aromatic carbocycles. The van der Waals surface area contributed by atoms with E-state index in [2.05, 4.69) is 57.2 Å². The number of ketones is 1. The number of ether oxygens (including phenoxy) is 2. The summed E-state index contributed by atoms with van der Waals surface area (Å²) in [7, 11) is 3.25. The predicted molar refractivity (Wildman–Crippen MR) is 163 cm³/mol. The second-order valence-corrected chi connectivity index (χ2v) is 11.8. The zero-order valence-electron chi connectivity index (χ0n) is 24.6. The average Bonchev–Trinajstić information content (AvgIpc) is 3.30. The van der Waals surface area contributed by atoms with Crippen LogP contribution in [0.25, 0.3) is 0 Å². The molecule has 0 aromatic heterocycles. The zero-order chi connectivity index (χ0) is 29.9. The van der Waals surface area contributed by atoms with Crippen molar-refractivity contribution in [1.29, 1.82) is 5.26 Å². The van der Waals surface area contributed by atoms with E-state index in [0.29, 0.717) is 35.9 Å². The molecule has 0 unspecified atom stereocenters. The summed E-state index contributed by atoms with van der Waals surface area (Å²) in [5.41, 5.74) is 4.30. The van der Waals surface area contributed by atoms with Gasteiger partial charge in [-0.05, 0) is 55.0 Å². The number of nitrogens with zero attached hydrogens (tertiary/aromatic N) is 4. The molecule has 1 fully saturated rings. The summed E-state index contributed by atoms with van der Waals surface area (Å²) < 4.78 is 16.0. The van der Waals surface area contributed by atoms with E-state index in [0.717, 1.165) is 54.1 Å². The number of nitrogens with one attached hydrogen (secondary N) is 1. The van der Waals surface area contributed by atoms with Crippen molar-refractivity contribution in [2.24, 2.45) is 9.94 Å². The number of benzene rings is 2. The van der Waals surface area contributed by atoms with Crippen LogP contribution in [0.2, 0.25) is 0 Å². The number of rotatable bonds is 8. The molecule has 0 spiro atoms. The lowest BCUT2D eigenvalue weighted by molar-refractivity contribution is 0.0953. The normalized spacial score (nSPS) is 16.4. The van der Waals surface area contributed by atoms with Gasteiger partial charge in [0, 0.05) is 49.3 Å². The molecule has 1 N–H and O–H groups in total. The smallest absolute Gasteiger partial charge is 0.254 e. The molecule has 2 heterocycles. The highest BCUT2D eigenvalue weighted by Crippen LogP contribution is 2.41. The molecule has 218 valence electrons. The molecule has 0 bridgehead atoms. The number of nitriles is 1. The van der Waals surface area contributed by atoms with Crippen molar-refractivity contribution in [3.8, 4) is 17.6 Å². The molecular weight excluding hydrogens is 586 g/mol. The molecule has 1 saturated heterocycles. The summed E-state index contributed by atoms with van der Waals surface area (Å²) in [6.45, 7) is 10.6. The van der Waals surface area contributed by atoms with Crippen LogP contribution in [0.1, 0.15) is 77.9 Å². The number of methoxy groups -OCH3 is 1. The van der Waals surface area contributed by atoms with Gasteiger partial charge in [0.2, 0.25) is 0 Å². The fourth-order valence-corrected chi connectivity index (χ4v) is 5.94. The number of piperidine rings is 1. The molecule has 41 heavy (non-hydrogen) atoms. The van der Waals surface area contributed by atoms with Gasteiger partial charge in [-0.1, -0.05) is 20.8 Å². The number of hydrogen-bond acceptors (Lipinski definition) is 7. The number of carbonyl (C=O) groups is 2. The van der Waals surface area contributed by atoms with Crippen LogP contribution in [0.4, 0.5) is 5.69 Å². The van der Waals surface area contributed by atoms with Crippen LogP contribution in [0.15, 0.2) is 28.3 Å². The van der Waals surface area contributed by atoms with Gasteiger partial charge >= 0.3 is 0 Å². The van der Waals surface area contributed by atoms with Crippen molar-refractivity contribution in [3.05, 3.63) is 52.1 Å². The summed E-state index contributed by atoms with van der Waals surface area (Å²) in [6, 6.07) is 9.89. The Morgan fingerprint density at radius 1 is 1.20 bits per heavy atom. The third-order valence-corrected chi connectivity index (χ3v) is 8.05. The Labute approximate surface area is 250 Å². The van der Waals surface area contributed by atoms with Crippen LogP contribution in [-0.4, -0.2) is 62.8 Å². The highest BCUT2D eigenvalue weighted by atomic mass is 79.9.